The van der Waals surface area contributed by atoms with E-state index in [9.17, 15) is 8.42 Å². The summed E-state index contributed by atoms with van der Waals surface area (Å²) >= 11 is 0. The van der Waals surface area contributed by atoms with E-state index in [1.54, 1.807) is 0 Å². The third-order valence-electron chi connectivity index (χ3n) is 5.70. The van der Waals surface area contributed by atoms with E-state index < -0.39 is 9.84 Å². The molecular weight excluding hydrogens is 404 g/mol. The summed E-state index contributed by atoms with van der Waals surface area (Å²) in [5.74, 6) is 0. The number of sulfone groups is 1. The van der Waals surface area contributed by atoms with E-state index >= 15 is 0 Å². The van der Waals surface area contributed by atoms with Gasteiger partial charge in [-0.05, 0) is 34.4 Å². The van der Waals surface area contributed by atoms with Crippen molar-refractivity contribution in [2.45, 2.75) is 6.04 Å². The molecule has 160 valence electrons. The van der Waals surface area contributed by atoms with Gasteiger partial charge in [0, 0.05) is 39.1 Å². The molecule has 0 atom stereocenters. The van der Waals surface area contributed by atoms with Crippen LogP contribution in [0, 0.1) is 0 Å². The molecule has 1 fully saturated rings. The average Bonchev–Trinajstić information content (AvgIpc) is 2.73. The second-order valence-electron chi connectivity index (χ2n) is 8.28. The topological polar surface area (TPSA) is 40.6 Å². The van der Waals surface area contributed by atoms with Crippen LogP contribution < -0.4 is 4.90 Å². The van der Waals surface area contributed by atoms with E-state index in [0.717, 1.165) is 16.8 Å². The van der Waals surface area contributed by atoms with E-state index in [4.69, 9.17) is 0 Å². The Morgan fingerprint density at radius 3 is 1.87 bits per heavy atom. The molecule has 4 rings (SSSR count). The van der Waals surface area contributed by atoms with Crippen LogP contribution in [0.5, 0.6) is 0 Å². The number of nitrogens with zero attached hydrogens (tertiary/aromatic N) is 2. The zero-order valence-electron chi connectivity index (χ0n) is 18.2. The van der Waals surface area contributed by atoms with Crippen LogP contribution >= 0.6 is 0 Å². The van der Waals surface area contributed by atoms with Crippen molar-refractivity contribution >= 4 is 20.4 Å². The molecule has 0 amide bonds. The predicted octanol–water partition coefficient (Wildman–Crippen LogP) is 4.61. The van der Waals surface area contributed by atoms with Crippen molar-refractivity contribution < 1.29 is 8.42 Å². The first kappa shape index (κ1) is 21.3. The fourth-order valence-corrected chi connectivity index (χ4v) is 5.47. The van der Waals surface area contributed by atoms with Gasteiger partial charge >= 0.3 is 0 Å². The molecule has 3 aromatic carbocycles. The zero-order chi connectivity index (χ0) is 22.0. The lowest BCUT2D eigenvalue weighted by atomic mass is 9.92. The fourth-order valence-electron chi connectivity index (χ4n) is 4.26. The first-order valence-electron chi connectivity index (χ1n) is 10.4. The van der Waals surface area contributed by atoms with Gasteiger partial charge in [-0.25, -0.2) is 8.42 Å². The minimum atomic E-state index is -3.36. The van der Waals surface area contributed by atoms with Crippen molar-refractivity contribution in [3.8, 4) is 0 Å². The maximum Gasteiger partial charge on any atom is 0.176 e. The monoisotopic (exact) mass is 432 g/mol. The summed E-state index contributed by atoms with van der Waals surface area (Å²) in [5, 5.41) is 0. The summed E-state index contributed by atoms with van der Waals surface area (Å²) < 4.78 is 25.5. The van der Waals surface area contributed by atoms with Crippen molar-refractivity contribution in [3.05, 3.63) is 107 Å². The largest absolute Gasteiger partial charge is 0.378 e. The summed E-state index contributed by atoms with van der Waals surface area (Å²) in [7, 11) is 0.556. The highest BCUT2D eigenvalue weighted by atomic mass is 32.2. The SMILES string of the molecule is CN(C)c1cccc(C(=C2CN(C(c3ccccc3)c3ccccc3)C2)S(C)(=O)=O)c1. The Bertz CT molecular complexity index is 1140. The molecule has 4 nitrogen and oxygen atoms in total. The van der Waals surface area contributed by atoms with E-state index in [0.29, 0.717) is 18.0 Å². The van der Waals surface area contributed by atoms with Gasteiger partial charge in [0.15, 0.2) is 9.84 Å². The highest BCUT2D eigenvalue weighted by Crippen LogP contribution is 2.38. The number of benzene rings is 3. The molecule has 1 aliphatic rings. The Hall–Kier alpha value is -2.89. The van der Waals surface area contributed by atoms with E-state index in [2.05, 4.69) is 53.4 Å². The lowest BCUT2D eigenvalue weighted by molar-refractivity contribution is 0.203. The van der Waals surface area contributed by atoms with E-state index in [1.165, 1.54) is 17.4 Å². The summed E-state index contributed by atoms with van der Waals surface area (Å²) in [4.78, 5) is 4.79. The van der Waals surface area contributed by atoms with Gasteiger partial charge in [0.1, 0.15) is 0 Å². The third kappa shape index (κ3) is 4.58. The van der Waals surface area contributed by atoms with Gasteiger partial charge in [0.05, 0.1) is 10.9 Å². The van der Waals surface area contributed by atoms with Gasteiger partial charge in [0.2, 0.25) is 0 Å². The second-order valence-corrected chi connectivity index (χ2v) is 10.2. The molecule has 1 heterocycles. The molecule has 0 bridgehead atoms. The van der Waals surface area contributed by atoms with Crippen LogP contribution in [0.25, 0.3) is 4.91 Å². The highest BCUT2D eigenvalue weighted by Gasteiger charge is 2.34. The molecule has 0 aliphatic carbocycles. The molecule has 0 unspecified atom stereocenters. The summed E-state index contributed by atoms with van der Waals surface area (Å²) in [6, 6.07) is 28.6. The Morgan fingerprint density at radius 1 is 0.839 bits per heavy atom. The van der Waals surface area contributed by atoms with Crippen molar-refractivity contribution in [1.29, 1.82) is 0 Å². The summed E-state index contributed by atoms with van der Waals surface area (Å²) in [6.45, 7) is 1.26. The number of anilines is 1. The Balaban J connectivity index is 1.71. The summed E-state index contributed by atoms with van der Waals surface area (Å²) in [5.41, 5.74) is 5.14. The van der Waals surface area contributed by atoms with Crippen LogP contribution in [0.15, 0.2) is 90.5 Å². The molecule has 0 radical (unpaired) electrons. The van der Waals surface area contributed by atoms with Gasteiger partial charge in [-0.2, -0.15) is 0 Å². The molecular formula is C26H28N2O2S. The van der Waals surface area contributed by atoms with Crippen LogP contribution in [0.3, 0.4) is 0 Å². The third-order valence-corrected chi connectivity index (χ3v) is 6.97. The Kier molecular flexibility index (Phi) is 5.99. The van der Waals surface area contributed by atoms with Crippen molar-refractivity contribution in [2.75, 3.05) is 38.3 Å². The van der Waals surface area contributed by atoms with Crippen LogP contribution in [0.2, 0.25) is 0 Å². The molecule has 0 N–H and O–H groups in total. The van der Waals surface area contributed by atoms with E-state index in [1.807, 2.05) is 55.4 Å². The molecule has 1 saturated heterocycles. The molecule has 0 saturated carbocycles. The summed E-state index contributed by atoms with van der Waals surface area (Å²) in [6.07, 6.45) is 1.31. The average molecular weight is 433 g/mol. The lowest BCUT2D eigenvalue weighted by Gasteiger charge is -2.42. The molecule has 0 aromatic heterocycles. The minimum Gasteiger partial charge on any atom is -0.378 e. The highest BCUT2D eigenvalue weighted by molar-refractivity contribution is 8.00. The van der Waals surface area contributed by atoms with Crippen molar-refractivity contribution in [2.24, 2.45) is 0 Å². The number of hydrogen-bond donors (Lipinski definition) is 0. The van der Waals surface area contributed by atoms with Gasteiger partial charge in [-0.1, -0.05) is 72.8 Å². The molecule has 1 aliphatic heterocycles. The van der Waals surface area contributed by atoms with Crippen LogP contribution in [-0.2, 0) is 9.84 Å². The van der Waals surface area contributed by atoms with Gasteiger partial charge in [-0.3, -0.25) is 4.90 Å². The first-order chi connectivity index (χ1) is 14.8. The number of likely N-dealkylation sites (tertiary alicyclic amines) is 1. The van der Waals surface area contributed by atoms with Gasteiger partial charge in [0.25, 0.3) is 0 Å². The van der Waals surface area contributed by atoms with Crippen LogP contribution in [0.1, 0.15) is 22.7 Å². The van der Waals surface area contributed by atoms with Crippen molar-refractivity contribution in [3.63, 3.8) is 0 Å². The predicted molar refractivity (Wildman–Crippen MR) is 129 cm³/mol. The Morgan fingerprint density at radius 2 is 1.39 bits per heavy atom. The molecule has 0 spiro atoms. The normalized spacial score (nSPS) is 14.4. The number of rotatable bonds is 6. The minimum absolute atomic E-state index is 0.0973. The fraction of sp³-hybridized carbons (Fsp3) is 0.231. The molecule has 3 aromatic rings. The van der Waals surface area contributed by atoms with Crippen molar-refractivity contribution in [1.82, 2.24) is 4.90 Å². The van der Waals surface area contributed by atoms with Crippen LogP contribution in [-0.4, -0.2) is 46.8 Å². The quantitative estimate of drug-likeness (QED) is 0.570. The van der Waals surface area contributed by atoms with Gasteiger partial charge < -0.3 is 4.90 Å². The zero-order valence-corrected chi connectivity index (χ0v) is 19.0. The Labute approximate surface area is 185 Å². The second kappa shape index (κ2) is 8.69. The molecule has 31 heavy (non-hydrogen) atoms. The smallest absolute Gasteiger partial charge is 0.176 e. The molecule has 5 heteroatoms. The number of hydrogen-bond acceptors (Lipinski definition) is 4. The maximum atomic E-state index is 12.8. The maximum absolute atomic E-state index is 12.8. The van der Waals surface area contributed by atoms with Gasteiger partial charge in [-0.15, -0.1) is 0 Å². The van der Waals surface area contributed by atoms with E-state index in [-0.39, 0.29) is 6.04 Å². The standard InChI is InChI=1S/C26H28N2O2S/c1-27(2)24-16-10-15-22(17-24)26(31(3,29)30)23-18-28(19-23)25(20-11-6-4-7-12-20)21-13-8-5-9-14-21/h4-17,25H,18-19H2,1-3H3. The lowest BCUT2D eigenvalue weighted by Crippen LogP contribution is -2.44. The first-order valence-corrected chi connectivity index (χ1v) is 12.3. The van der Waals surface area contributed by atoms with Crippen LogP contribution in [0.4, 0.5) is 5.69 Å².